The van der Waals surface area contributed by atoms with E-state index >= 15 is 0 Å². The van der Waals surface area contributed by atoms with Gasteiger partial charge in [0, 0.05) is 6.04 Å². The van der Waals surface area contributed by atoms with Crippen LogP contribution >= 0.6 is 0 Å². The number of carbonyl (C=O) groups excluding carboxylic acids is 1. The smallest absolute Gasteiger partial charge is 0.410 e. The van der Waals surface area contributed by atoms with Crippen molar-refractivity contribution in [2.75, 3.05) is 0 Å². The zero-order valence-corrected chi connectivity index (χ0v) is 9.78. The van der Waals surface area contributed by atoms with E-state index in [1.54, 1.807) is 12.1 Å². The molecule has 0 fully saturated rings. The van der Waals surface area contributed by atoms with Crippen molar-refractivity contribution in [3.8, 4) is 5.75 Å². The van der Waals surface area contributed by atoms with Gasteiger partial charge in [0.15, 0.2) is 0 Å². The maximum atomic E-state index is 11.1. The predicted octanol–water partition coefficient (Wildman–Crippen LogP) is 3.21. The lowest BCUT2D eigenvalue weighted by Crippen LogP contribution is -2.32. The zero-order valence-electron chi connectivity index (χ0n) is 9.78. The molecule has 0 atom stereocenters. The molecule has 0 saturated heterocycles. The molecule has 0 aliphatic rings. The lowest BCUT2D eigenvalue weighted by atomic mass is 10.3. The fourth-order valence-corrected chi connectivity index (χ4v) is 0.861. The van der Waals surface area contributed by atoms with Gasteiger partial charge in [0.05, 0.1) is 0 Å². The lowest BCUT2D eigenvalue weighted by molar-refractivity contribution is 0.198. The van der Waals surface area contributed by atoms with Crippen molar-refractivity contribution in [1.29, 1.82) is 0 Å². The monoisotopic (exact) mass is 209 g/mol. The largest absolute Gasteiger partial charge is 0.412 e. The van der Waals surface area contributed by atoms with Crippen molar-refractivity contribution >= 4 is 6.09 Å². The van der Waals surface area contributed by atoms with Crippen molar-refractivity contribution in [3.05, 3.63) is 30.3 Å². The van der Waals surface area contributed by atoms with E-state index in [-0.39, 0.29) is 6.04 Å². The highest BCUT2D eigenvalue weighted by Crippen LogP contribution is 2.07. The number of benzene rings is 1. The molecule has 0 heterocycles. The first kappa shape index (κ1) is 13.5. The molecule has 0 aliphatic heterocycles. The summed E-state index contributed by atoms with van der Waals surface area (Å²) in [5.41, 5.74) is 0. The van der Waals surface area contributed by atoms with E-state index in [1.807, 2.05) is 45.9 Å². The number of para-hydroxylation sites is 1. The average molecular weight is 209 g/mol. The minimum absolute atomic E-state index is 0.0937. The van der Waals surface area contributed by atoms with Gasteiger partial charge in [-0.05, 0) is 26.0 Å². The summed E-state index contributed by atoms with van der Waals surface area (Å²) in [5.74, 6) is 0.556. The maximum absolute atomic E-state index is 11.1. The molecular formula is C12H19NO2. The fraction of sp³-hybridized carbons (Fsp3) is 0.417. The number of hydrogen-bond donors (Lipinski definition) is 1. The molecule has 1 rings (SSSR count). The van der Waals surface area contributed by atoms with Crippen molar-refractivity contribution in [2.45, 2.75) is 33.7 Å². The zero-order chi connectivity index (χ0) is 11.7. The van der Waals surface area contributed by atoms with Crippen LogP contribution in [0.3, 0.4) is 0 Å². The van der Waals surface area contributed by atoms with Crippen molar-refractivity contribution in [2.24, 2.45) is 0 Å². The van der Waals surface area contributed by atoms with Crippen LogP contribution in [-0.4, -0.2) is 12.1 Å². The first-order chi connectivity index (χ1) is 7.18. The van der Waals surface area contributed by atoms with Gasteiger partial charge in [-0.15, -0.1) is 0 Å². The van der Waals surface area contributed by atoms with Crippen LogP contribution in [0.1, 0.15) is 27.7 Å². The summed E-state index contributed by atoms with van der Waals surface area (Å²) in [5, 5.41) is 2.63. The van der Waals surface area contributed by atoms with Gasteiger partial charge in [-0.1, -0.05) is 32.0 Å². The van der Waals surface area contributed by atoms with Crippen molar-refractivity contribution in [1.82, 2.24) is 5.32 Å². The Morgan fingerprint density at radius 2 is 1.73 bits per heavy atom. The molecule has 0 radical (unpaired) electrons. The van der Waals surface area contributed by atoms with E-state index in [1.165, 1.54) is 0 Å². The van der Waals surface area contributed by atoms with E-state index < -0.39 is 6.09 Å². The molecular weight excluding hydrogens is 190 g/mol. The molecule has 3 nitrogen and oxygen atoms in total. The molecule has 3 heteroatoms. The molecule has 0 unspecified atom stereocenters. The van der Waals surface area contributed by atoms with Crippen LogP contribution in [0.15, 0.2) is 30.3 Å². The third-order valence-corrected chi connectivity index (χ3v) is 1.36. The van der Waals surface area contributed by atoms with Crippen LogP contribution in [-0.2, 0) is 0 Å². The van der Waals surface area contributed by atoms with Crippen LogP contribution in [0.4, 0.5) is 4.79 Å². The first-order valence-electron chi connectivity index (χ1n) is 5.22. The van der Waals surface area contributed by atoms with Gasteiger partial charge in [0.1, 0.15) is 5.75 Å². The number of ether oxygens (including phenoxy) is 1. The Labute approximate surface area is 91.5 Å². The van der Waals surface area contributed by atoms with Gasteiger partial charge in [0.25, 0.3) is 0 Å². The highest BCUT2D eigenvalue weighted by atomic mass is 16.6. The third kappa shape index (κ3) is 6.55. The molecule has 84 valence electrons. The molecule has 1 aromatic carbocycles. The van der Waals surface area contributed by atoms with Gasteiger partial charge in [0.2, 0.25) is 0 Å². The molecule has 0 aliphatic carbocycles. The molecule has 0 spiro atoms. The standard InChI is InChI=1S/C10H13NO2.C2H6/c1-8(2)11-10(12)13-9-6-4-3-5-7-9;1-2/h3-8H,1-2H3,(H,11,12);1-2H3. The Hall–Kier alpha value is -1.51. The van der Waals surface area contributed by atoms with Crippen LogP contribution in [0.25, 0.3) is 0 Å². The molecule has 1 amide bonds. The van der Waals surface area contributed by atoms with Crippen molar-refractivity contribution in [3.63, 3.8) is 0 Å². The van der Waals surface area contributed by atoms with Crippen LogP contribution in [0.2, 0.25) is 0 Å². The molecule has 0 bridgehead atoms. The summed E-state index contributed by atoms with van der Waals surface area (Å²) in [4.78, 5) is 11.1. The lowest BCUT2D eigenvalue weighted by Gasteiger charge is -2.08. The quantitative estimate of drug-likeness (QED) is 0.812. The van der Waals surface area contributed by atoms with E-state index in [9.17, 15) is 4.79 Å². The summed E-state index contributed by atoms with van der Waals surface area (Å²) in [6.07, 6.45) is -0.416. The maximum Gasteiger partial charge on any atom is 0.412 e. The number of nitrogens with one attached hydrogen (secondary N) is 1. The topological polar surface area (TPSA) is 38.3 Å². The van der Waals surface area contributed by atoms with Gasteiger partial charge < -0.3 is 10.1 Å². The Bertz CT molecular complexity index is 270. The summed E-state index contributed by atoms with van der Waals surface area (Å²) < 4.78 is 4.98. The second kappa shape index (κ2) is 7.85. The number of amides is 1. The number of rotatable bonds is 2. The van der Waals surface area contributed by atoms with E-state index in [4.69, 9.17) is 4.74 Å². The second-order valence-corrected chi connectivity index (χ2v) is 3.00. The minimum atomic E-state index is -0.416. The Kier molecular flexibility index (Phi) is 7.06. The van der Waals surface area contributed by atoms with Crippen LogP contribution < -0.4 is 10.1 Å². The predicted molar refractivity (Wildman–Crippen MR) is 62.1 cm³/mol. The molecule has 0 saturated carbocycles. The van der Waals surface area contributed by atoms with Gasteiger partial charge in [-0.2, -0.15) is 0 Å². The number of hydrogen-bond acceptors (Lipinski definition) is 2. The second-order valence-electron chi connectivity index (χ2n) is 3.00. The third-order valence-electron chi connectivity index (χ3n) is 1.36. The molecule has 0 aromatic heterocycles. The van der Waals surface area contributed by atoms with Gasteiger partial charge in [-0.25, -0.2) is 4.79 Å². The van der Waals surface area contributed by atoms with Crippen molar-refractivity contribution < 1.29 is 9.53 Å². The normalized spacial score (nSPS) is 8.87. The number of carbonyl (C=O) groups is 1. The first-order valence-corrected chi connectivity index (χ1v) is 5.22. The summed E-state index contributed by atoms with van der Waals surface area (Å²) in [7, 11) is 0. The molecule has 15 heavy (non-hydrogen) atoms. The van der Waals surface area contributed by atoms with Gasteiger partial charge >= 0.3 is 6.09 Å². The minimum Gasteiger partial charge on any atom is -0.410 e. The van der Waals surface area contributed by atoms with E-state index in [0.29, 0.717) is 5.75 Å². The summed E-state index contributed by atoms with van der Waals surface area (Å²) >= 11 is 0. The summed E-state index contributed by atoms with van der Waals surface area (Å²) in [6, 6.07) is 9.07. The molecule has 1 aromatic rings. The van der Waals surface area contributed by atoms with Crippen LogP contribution in [0, 0.1) is 0 Å². The SMILES string of the molecule is CC.CC(C)NC(=O)Oc1ccccc1. The Morgan fingerprint density at radius 1 is 1.20 bits per heavy atom. The highest BCUT2D eigenvalue weighted by molar-refractivity contribution is 5.70. The van der Waals surface area contributed by atoms with Crippen LogP contribution in [0.5, 0.6) is 5.75 Å². The fourth-order valence-electron chi connectivity index (χ4n) is 0.861. The van der Waals surface area contributed by atoms with Gasteiger partial charge in [-0.3, -0.25) is 0 Å². The van der Waals surface area contributed by atoms with E-state index in [0.717, 1.165) is 0 Å². The average Bonchev–Trinajstić information content (AvgIpc) is 2.21. The highest BCUT2D eigenvalue weighted by Gasteiger charge is 2.03. The molecule has 1 N–H and O–H groups in total. The van der Waals surface area contributed by atoms with E-state index in [2.05, 4.69) is 5.32 Å². The Balaban J connectivity index is 0.000000921. The Morgan fingerprint density at radius 3 is 2.20 bits per heavy atom. The summed E-state index contributed by atoms with van der Waals surface area (Å²) in [6.45, 7) is 7.76.